The van der Waals surface area contributed by atoms with Gasteiger partial charge in [-0.15, -0.1) is 0 Å². The summed E-state index contributed by atoms with van der Waals surface area (Å²) >= 11 is 10.5. The molecule has 3 N–H and O–H groups in total. The van der Waals surface area contributed by atoms with Gasteiger partial charge in [-0.3, -0.25) is 5.43 Å². The van der Waals surface area contributed by atoms with Crippen LogP contribution in [0.4, 0.5) is 0 Å². The van der Waals surface area contributed by atoms with Gasteiger partial charge in [-0.25, -0.2) is 8.42 Å². The molecule has 0 aromatic heterocycles. The van der Waals surface area contributed by atoms with Crippen molar-refractivity contribution >= 4 is 45.0 Å². The highest BCUT2D eigenvalue weighted by Gasteiger charge is 2.08. The average Bonchev–Trinajstić information content (AvgIpc) is 2.18. The lowest BCUT2D eigenvalue weighted by Gasteiger charge is -2.02. The molecule has 0 spiro atoms. The normalized spacial score (nSPS) is 11.6. The Hall–Kier alpha value is -1.18. The van der Waals surface area contributed by atoms with Crippen LogP contribution in [0.15, 0.2) is 28.2 Å². The van der Waals surface area contributed by atoms with Gasteiger partial charge in [-0.05, 0) is 24.4 Å². The van der Waals surface area contributed by atoms with Crippen LogP contribution >= 0.6 is 23.8 Å². The van der Waals surface area contributed by atoms with Gasteiger partial charge in [0.15, 0.2) is 14.9 Å². The van der Waals surface area contributed by atoms with Gasteiger partial charge in [0.05, 0.1) is 16.1 Å². The number of rotatable bonds is 3. The topological polar surface area (TPSA) is 84.5 Å². The first-order chi connectivity index (χ1) is 7.80. The maximum Gasteiger partial charge on any atom is 0.184 e. The molecule has 0 saturated carbocycles. The first-order valence-electron chi connectivity index (χ1n) is 4.39. The number of nitrogens with zero attached hydrogens (tertiary/aromatic N) is 1. The van der Waals surface area contributed by atoms with E-state index < -0.39 is 9.84 Å². The fourth-order valence-corrected chi connectivity index (χ4v) is 2.00. The second-order valence-electron chi connectivity index (χ2n) is 3.19. The molecule has 0 radical (unpaired) electrons. The molecule has 0 fully saturated rings. The van der Waals surface area contributed by atoms with Crippen molar-refractivity contribution in [1.82, 2.24) is 5.43 Å². The van der Waals surface area contributed by atoms with E-state index in [2.05, 4.69) is 22.7 Å². The van der Waals surface area contributed by atoms with Gasteiger partial charge >= 0.3 is 0 Å². The molecule has 1 rings (SSSR count). The van der Waals surface area contributed by atoms with Gasteiger partial charge in [-0.1, -0.05) is 17.7 Å². The number of hydrogen-bond donors (Lipinski definition) is 2. The maximum absolute atomic E-state index is 11.3. The first kappa shape index (κ1) is 13.9. The summed E-state index contributed by atoms with van der Waals surface area (Å²) in [6.07, 6.45) is 2.51. The third-order valence-corrected chi connectivity index (χ3v) is 3.31. The number of nitrogens with two attached hydrogens (primary N) is 1. The van der Waals surface area contributed by atoms with Gasteiger partial charge in [0.1, 0.15) is 0 Å². The van der Waals surface area contributed by atoms with Crippen LogP contribution in [0.5, 0.6) is 0 Å². The van der Waals surface area contributed by atoms with Gasteiger partial charge < -0.3 is 5.73 Å². The Bertz CT molecular complexity index is 570. The lowest BCUT2D eigenvalue weighted by Crippen LogP contribution is -2.24. The molecule has 0 amide bonds. The summed E-state index contributed by atoms with van der Waals surface area (Å²) in [5.74, 6) is 0. The number of sulfone groups is 1. The van der Waals surface area contributed by atoms with Crippen LogP contribution in [-0.2, 0) is 9.84 Å². The Morgan fingerprint density at radius 3 is 2.71 bits per heavy atom. The molecule has 0 aliphatic heterocycles. The number of hydrazone groups is 1. The monoisotopic (exact) mass is 291 g/mol. The smallest absolute Gasteiger partial charge is 0.184 e. The molecule has 8 heteroatoms. The molecule has 0 bridgehead atoms. The summed E-state index contributed by atoms with van der Waals surface area (Å²) in [6, 6.07) is 4.35. The van der Waals surface area contributed by atoms with Crippen LogP contribution < -0.4 is 11.2 Å². The van der Waals surface area contributed by atoms with Crippen LogP contribution in [0, 0.1) is 0 Å². The molecule has 0 heterocycles. The average molecular weight is 292 g/mol. The highest BCUT2D eigenvalue weighted by atomic mass is 35.5. The van der Waals surface area contributed by atoms with Crippen molar-refractivity contribution in [3.8, 4) is 0 Å². The Morgan fingerprint density at radius 2 is 2.24 bits per heavy atom. The minimum absolute atomic E-state index is 0.0325. The fraction of sp³-hybridized carbons (Fsp3) is 0.111. The lowest BCUT2D eigenvalue weighted by atomic mass is 10.2. The van der Waals surface area contributed by atoms with E-state index in [0.717, 1.165) is 6.26 Å². The molecule has 1 aromatic rings. The summed E-state index contributed by atoms with van der Waals surface area (Å²) in [6.45, 7) is 0. The minimum atomic E-state index is -3.26. The summed E-state index contributed by atoms with van der Waals surface area (Å²) in [5.41, 5.74) is 8.10. The largest absolute Gasteiger partial charge is 0.375 e. The van der Waals surface area contributed by atoms with E-state index in [1.165, 1.54) is 18.3 Å². The highest BCUT2D eigenvalue weighted by molar-refractivity contribution is 7.90. The summed E-state index contributed by atoms with van der Waals surface area (Å²) in [4.78, 5) is 0.155. The third kappa shape index (κ3) is 4.29. The van der Waals surface area contributed by atoms with Crippen molar-refractivity contribution in [2.45, 2.75) is 4.90 Å². The quantitative estimate of drug-likeness (QED) is 0.491. The number of halogens is 1. The molecule has 1 aromatic carbocycles. The van der Waals surface area contributed by atoms with Gasteiger partial charge in [0, 0.05) is 11.8 Å². The number of hydrogen-bond acceptors (Lipinski definition) is 4. The summed E-state index contributed by atoms with van der Waals surface area (Å²) in [5, 5.41) is 4.03. The minimum Gasteiger partial charge on any atom is -0.375 e. The van der Waals surface area contributed by atoms with Gasteiger partial charge in [0.2, 0.25) is 0 Å². The molecule has 0 saturated heterocycles. The highest BCUT2D eigenvalue weighted by Crippen LogP contribution is 2.19. The summed E-state index contributed by atoms with van der Waals surface area (Å²) < 4.78 is 22.5. The molecule has 0 unspecified atom stereocenters. The van der Waals surface area contributed by atoms with Crippen molar-refractivity contribution in [3.05, 3.63) is 28.8 Å². The van der Waals surface area contributed by atoms with Crippen LogP contribution in [0.2, 0.25) is 5.02 Å². The van der Waals surface area contributed by atoms with E-state index >= 15 is 0 Å². The van der Waals surface area contributed by atoms with E-state index in [1.807, 2.05) is 0 Å². The zero-order chi connectivity index (χ0) is 13.1. The number of nitrogens with one attached hydrogen (secondary N) is 1. The molecular formula is C9H10ClN3O2S2. The predicted octanol–water partition coefficient (Wildman–Crippen LogP) is 0.911. The van der Waals surface area contributed by atoms with E-state index in [9.17, 15) is 8.42 Å². The summed E-state index contributed by atoms with van der Waals surface area (Å²) in [7, 11) is -3.26. The van der Waals surface area contributed by atoms with E-state index in [-0.39, 0.29) is 15.0 Å². The third-order valence-electron chi connectivity index (χ3n) is 1.78. The molecule has 17 heavy (non-hydrogen) atoms. The fourth-order valence-electron chi connectivity index (χ4n) is 1.01. The van der Waals surface area contributed by atoms with Crippen molar-refractivity contribution in [1.29, 1.82) is 0 Å². The molecule has 0 aliphatic rings. The first-order valence-corrected chi connectivity index (χ1v) is 7.06. The van der Waals surface area contributed by atoms with Crippen molar-refractivity contribution < 1.29 is 8.42 Å². The van der Waals surface area contributed by atoms with E-state index in [4.69, 9.17) is 17.3 Å². The van der Waals surface area contributed by atoms with E-state index in [1.54, 1.807) is 6.07 Å². The van der Waals surface area contributed by atoms with Crippen molar-refractivity contribution in [2.24, 2.45) is 10.8 Å². The Morgan fingerprint density at radius 1 is 1.59 bits per heavy atom. The molecule has 92 valence electrons. The zero-order valence-corrected chi connectivity index (χ0v) is 11.2. The maximum atomic E-state index is 11.3. The van der Waals surface area contributed by atoms with Crippen LogP contribution in [0.25, 0.3) is 0 Å². The standard InChI is InChI=1S/C9H10ClN3O2S2/c1-17(14,15)7-3-2-6(8(10)4-7)5-12-13-9(11)16/h2-5H,1H3,(H3,11,13,16). The molecule has 0 atom stereocenters. The van der Waals surface area contributed by atoms with Crippen molar-refractivity contribution in [2.75, 3.05) is 6.26 Å². The number of thiocarbonyl (C=S) groups is 1. The van der Waals surface area contributed by atoms with Crippen molar-refractivity contribution in [3.63, 3.8) is 0 Å². The molecular weight excluding hydrogens is 282 g/mol. The lowest BCUT2D eigenvalue weighted by molar-refractivity contribution is 0.602. The van der Waals surface area contributed by atoms with Gasteiger partial charge in [-0.2, -0.15) is 5.10 Å². The second-order valence-corrected chi connectivity index (χ2v) is 6.05. The van der Waals surface area contributed by atoms with Crippen LogP contribution in [0.3, 0.4) is 0 Å². The second kappa shape index (κ2) is 5.44. The predicted molar refractivity (Wildman–Crippen MR) is 72.1 cm³/mol. The van der Waals surface area contributed by atoms with E-state index in [0.29, 0.717) is 5.56 Å². The van der Waals surface area contributed by atoms with Crippen LogP contribution in [0.1, 0.15) is 5.56 Å². The van der Waals surface area contributed by atoms with Crippen LogP contribution in [-0.4, -0.2) is 26.0 Å². The molecule has 0 aliphatic carbocycles. The SMILES string of the molecule is CS(=O)(=O)c1ccc(C=NNC(N)=S)c(Cl)c1. The van der Waals surface area contributed by atoms with Gasteiger partial charge in [0.25, 0.3) is 0 Å². The Labute approximate surface area is 110 Å². The number of benzene rings is 1. The Kier molecular flexibility index (Phi) is 4.44. The Balaban J connectivity index is 2.99. The molecule has 5 nitrogen and oxygen atoms in total. The zero-order valence-electron chi connectivity index (χ0n) is 8.84.